The Kier molecular flexibility index (Phi) is 4.07. The van der Waals surface area contributed by atoms with Crippen molar-refractivity contribution >= 4 is 11.9 Å². The highest BCUT2D eigenvalue weighted by molar-refractivity contribution is 6.00. The van der Waals surface area contributed by atoms with E-state index < -0.39 is 11.5 Å². The lowest BCUT2D eigenvalue weighted by atomic mass is 9.92. The minimum atomic E-state index is -1.10. The van der Waals surface area contributed by atoms with Gasteiger partial charge in [0.2, 0.25) is 0 Å². The third kappa shape index (κ3) is 2.32. The first kappa shape index (κ1) is 15.5. The number of carboxylic acids is 1. The predicted molar refractivity (Wildman–Crippen MR) is 76.3 cm³/mol. The average molecular weight is 294 g/mol. The van der Waals surface area contributed by atoms with Gasteiger partial charge in [-0.2, -0.15) is 0 Å². The van der Waals surface area contributed by atoms with Gasteiger partial charge >= 0.3 is 5.97 Å². The molecule has 2 rings (SSSR count). The van der Waals surface area contributed by atoms with Gasteiger partial charge in [0, 0.05) is 12.5 Å². The van der Waals surface area contributed by atoms with Crippen LogP contribution in [-0.4, -0.2) is 39.1 Å². The van der Waals surface area contributed by atoms with Crippen LogP contribution in [0.5, 0.6) is 0 Å². The maximum absolute atomic E-state index is 12.9. The molecule has 0 bridgehead atoms. The molecule has 0 saturated carbocycles. The number of likely N-dealkylation sites (tertiary alicyclic amines) is 1. The Morgan fingerprint density at radius 1 is 1.48 bits per heavy atom. The van der Waals surface area contributed by atoms with Crippen LogP contribution in [0.2, 0.25) is 0 Å². The van der Waals surface area contributed by atoms with E-state index in [1.54, 1.807) is 6.92 Å². The van der Waals surface area contributed by atoms with E-state index in [0.29, 0.717) is 42.8 Å². The van der Waals surface area contributed by atoms with E-state index in [4.69, 9.17) is 4.52 Å². The number of nitrogens with zero attached hydrogens (tertiary/aromatic N) is 2. The number of aliphatic carboxylic acids is 1. The van der Waals surface area contributed by atoms with Crippen LogP contribution in [0.4, 0.5) is 0 Å². The highest BCUT2D eigenvalue weighted by Gasteiger charge is 2.49. The number of rotatable bonds is 4. The Morgan fingerprint density at radius 3 is 2.67 bits per heavy atom. The third-order valence-electron chi connectivity index (χ3n) is 4.34. The highest BCUT2D eigenvalue weighted by atomic mass is 16.5. The zero-order valence-electron chi connectivity index (χ0n) is 13.0. The van der Waals surface area contributed by atoms with Crippen LogP contribution in [0, 0.1) is 6.92 Å². The maximum Gasteiger partial charge on any atom is 0.329 e. The van der Waals surface area contributed by atoms with Gasteiger partial charge in [-0.1, -0.05) is 25.9 Å². The lowest BCUT2D eigenvalue weighted by Gasteiger charge is -2.34. The summed E-state index contributed by atoms with van der Waals surface area (Å²) in [6.07, 6.45) is 1.59. The SMILES string of the molecule is CCC1(C(=O)O)CCCN1C(=O)c1c(C)noc1C(C)C. The molecule has 1 aromatic rings. The van der Waals surface area contributed by atoms with Gasteiger partial charge in [-0.15, -0.1) is 0 Å². The van der Waals surface area contributed by atoms with Gasteiger partial charge in [0.25, 0.3) is 5.91 Å². The predicted octanol–water partition coefficient (Wildman–Crippen LogP) is 2.58. The second-order valence-electron chi connectivity index (χ2n) is 5.91. The molecule has 6 heteroatoms. The highest BCUT2D eigenvalue weighted by Crippen LogP contribution is 2.35. The summed E-state index contributed by atoms with van der Waals surface area (Å²) >= 11 is 0. The molecule has 2 heterocycles. The zero-order valence-corrected chi connectivity index (χ0v) is 13.0. The van der Waals surface area contributed by atoms with Crippen molar-refractivity contribution in [2.75, 3.05) is 6.54 Å². The number of amides is 1. The van der Waals surface area contributed by atoms with Gasteiger partial charge in [0.1, 0.15) is 11.1 Å². The Morgan fingerprint density at radius 2 is 2.14 bits per heavy atom. The molecule has 1 fully saturated rings. The van der Waals surface area contributed by atoms with Crippen molar-refractivity contribution in [3.05, 3.63) is 17.0 Å². The second kappa shape index (κ2) is 5.50. The average Bonchev–Trinajstić information content (AvgIpc) is 3.01. The number of hydrogen-bond donors (Lipinski definition) is 1. The summed E-state index contributed by atoms with van der Waals surface area (Å²) in [6.45, 7) is 7.83. The molecule has 1 saturated heterocycles. The maximum atomic E-state index is 12.9. The normalized spacial score (nSPS) is 22.0. The Labute approximate surface area is 124 Å². The van der Waals surface area contributed by atoms with Gasteiger partial charge < -0.3 is 14.5 Å². The van der Waals surface area contributed by atoms with E-state index in [1.807, 2.05) is 20.8 Å². The summed E-state index contributed by atoms with van der Waals surface area (Å²) in [6, 6.07) is 0. The lowest BCUT2D eigenvalue weighted by Crippen LogP contribution is -2.52. The van der Waals surface area contributed by atoms with E-state index in [-0.39, 0.29) is 11.8 Å². The summed E-state index contributed by atoms with van der Waals surface area (Å²) in [7, 11) is 0. The van der Waals surface area contributed by atoms with E-state index >= 15 is 0 Å². The van der Waals surface area contributed by atoms with Crippen LogP contribution in [0.3, 0.4) is 0 Å². The molecule has 0 radical (unpaired) electrons. The van der Waals surface area contributed by atoms with Gasteiger partial charge in [-0.25, -0.2) is 4.79 Å². The van der Waals surface area contributed by atoms with Crippen LogP contribution < -0.4 is 0 Å². The molecule has 21 heavy (non-hydrogen) atoms. The number of carboxylic acid groups (broad SMARTS) is 1. The molecule has 0 aliphatic carbocycles. The number of carbonyl (C=O) groups excluding carboxylic acids is 1. The van der Waals surface area contributed by atoms with Crippen molar-refractivity contribution in [3.63, 3.8) is 0 Å². The lowest BCUT2D eigenvalue weighted by molar-refractivity contribution is -0.148. The number of aryl methyl sites for hydroxylation is 1. The summed E-state index contributed by atoms with van der Waals surface area (Å²) in [5.41, 5.74) is -0.161. The van der Waals surface area contributed by atoms with Crippen LogP contribution in [0.25, 0.3) is 0 Å². The smallest absolute Gasteiger partial charge is 0.329 e. The topological polar surface area (TPSA) is 83.6 Å². The molecule has 1 aliphatic heterocycles. The molecule has 0 aromatic carbocycles. The van der Waals surface area contributed by atoms with Gasteiger partial charge in [-0.05, 0) is 26.2 Å². The van der Waals surface area contributed by atoms with Crippen molar-refractivity contribution in [1.82, 2.24) is 10.1 Å². The minimum absolute atomic E-state index is 0.0219. The van der Waals surface area contributed by atoms with Crippen LogP contribution in [0.1, 0.15) is 67.8 Å². The molecule has 0 spiro atoms. The van der Waals surface area contributed by atoms with E-state index in [2.05, 4.69) is 5.16 Å². The quantitative estimate of drug-likeness (QED) is 0.922. The summed E-state index contributed by atoms with van der Waals surface area (Å²) in [5.74, 6) is -0.663. The molecule has 1 N–H and O–H groups in total. The second-order valence-corrected chi connectivity index (χ2v) is 5.91. The van der Waals surface area contributed by atoms with Crippen molar-refractivity contribution in [1.29, 1.82) is 0 Å². The van der Waals surface area contributed by atoms with E-state index in [9.17, 15) is 14.7 Å². The molecule has 1 unspecified atom stereocenters. The Balaban J connectivity index is 2.45. The van der Waals surface area contributed by atoms with Crippen LogP contribution >= 0.6 is 0 Å². The number of carbonyl (C=O) groups is 2. The molecule has 1 aliphatic rings. The summed E-state index contributed by atoms with van der Waals surface area (Å²) < 4.78 is 5.25. The van der Waals surface area contributed by atoms with E-state index in [1.165, 1.54) is 4.90 Å². The molecule has 1 aromatic heterocycles. The fourth-order valence-electron chi connectivity index (χ4n) is 3.09. The first-order valence-electron chi connectivity index (χ1n) is 7.36. The van der Waals surface area contributed by atoms with Crippen LogP contribution in [-0.2, 0) is 4.79 Å². The Bertz CT molecular complexity index is 564. The molecular formula is C15H22N2O4. The molecule has 1 amide bonds. The monoisotopic (exact) mass is 294 g/mol. The summed E-state index contributed by atoms with van der Waals surface area (Å²) in [5, 5.41) is 13.5. The van der Waals surface area contributed by atoms with Crippen molar-refractivity contribution in [2.45, 2.75) is 58.4 Å². The zero-order chi connectivity index (χ0) is 15.8. The largest absolute Gasteiger partial charge is 0.479 e. The van der Waals surface area contributed by atoms with Gasteiger partial charge in [0.05, 0.1) is 5.69 Å². The Hall–Kier alpha value is -1.85. The van der Waals surface area contributed by atoms with Gasteiger partial charge in [0.15, 0.2) is 5.76 Å². The molecular weight excluding hydrogens is 272 g/mol. The fourth-order valence-corrected chi connectivity index (χ4v) is 3.09. The van der Waals surface area contributed by atoms with Gasteiger partial charge in [-0.3, -0.25) is 4.79 Å². The van der Waals surface area contributed by atoms with Crippen LogP contribution in [0.15, 0.2) is 4.52 Å². The fraction of sp³-hybridized carbons (Fsp3) is 0.667. The molecule has 1 atom stereocenters. The van der Waals surface area contributed by atoms with Crippen molar-refractivity contribution < 1.29 is 19.2 Å². The molecule has 116 valence electrons. The minimum Gasteiger partial charge on any atom is -0.479 e. The summed E-state index contributed by atoms with van der Waals surface area (Å²) in [4.78, 5) is 26.1. The number of aromatic nitrogens is 1. The standard InChI is InChI=1S/C15H22N2O4/c1-5-15(14(19)20)7-6-8-17(15)13(18)11-10(4)16-21-12(11)9(2)3/h9H,5-8H2,1-4H3,(H,19,20). The van der Waals surface area contributed by atoms with Crippen molar-refractivity contribution in [3.8, 4) is 0 Å². The molecule has 6 nitrogen and oxygen atoms in total. The first-order valence-corrected chi connectivity index (χ1v) is 7.36. The number of hydrogen-bond acceptors (Lipinski definition) is 4. The van der Waals surface area contributed by atoms with E-state index in [0.717, 1.165) is 0 Å². The van der Waals surface area contributed by atoms with Crippen molar-refractivity contribution in [2.24, 2.45) is 0 Å². The third-order valence-corrected chi connectivity index (χ3v) is 4.34. The first-order chi connectivity index (χ1) is 9.85.